The van der Waals surface area contributed by atoms with Gasteiger partial charge in [0.25, 0.3) is 5.91 Å². The van der Waals surface area contributed by atoms with Crippen LogP contribution >= 0.6 is 0 Å². The van der Waals surface area contributed by atoms with Crippen LogP contribution in [0.5, 0.6) is 0 Å². The molecule has 0 aliphatic carbocycles. The Bertz CT molecular complexity index is 687. The summed E-state index contributed by atoms with van der Waals surface area (Å²) in [5.74, 6) is -1.74. The van der Waals surface area contributed by atoms with Crippen molar-refractivity contribution in [3.8, 4) is 0 Å². The van der Waals surface area contributed by atoms with E-state index in [1.54, 1.807) is 13.8 Å². The summed E-state index contributed by atoms with van der Waals surface area (Å²) in [5.41, 5.74) is 0.0963. The van der Waals surface area contributed by atoms with Gasteiger partial charge in [0.05, 0.1) is 11.5 Å². The van der Waals surface area contributed by atoms with E-state index in [2.05, 4.69) is 4.72 Å². The largest absolute Gasteiger partial charge is 0.480 e. The van der Waals surface area contributed by atoms with Crippen molar-refractivity contribution in [1.29, 1.82) is 0 Å². The number of ether oxygens (including phenoxy) is 1. The summed E-state index contributed by atoms with van der Waals surface area (Å²) in [6.45, 7) is 3.13. The smallest absolute Gasteiger partial charge is 0.323 e. The van der Waals surface area contributed by atoms with Crippen LogP contribution in [0, 0.1) is 0 Å². The monoisotopic (exact) mass is 358 g/mol. The van der Waals surface area contributed by atoms with Crippen molar-refractivity contribution in [2.75, 3.05) is 26.8 Å². The number of carbonyl (C=O) groups is 2. The number of carboxylic acids is 1. The molecule has 0 aliphatic heterocycles. The van der Waals surface area contributed by atoms with Crippen molar-refractivity contribution in [2.24, 2.45) is 0 Å². The first kappa shape index (κ1) is 20.1. The number of carboxylic acid groups (broad SMARTS) is 1. The summed E-state index contributed by atoms with van der Waals surface area (Å²) in [6, 6.07) is 5.20. The molecule has 0 spiro atoms. The lowest BCUT2D eigenvalue weighted by Gasteiger charge is -2.20. The number of hydrogen-bond donors (Lipinski definition) is 2. The van der Waals surface area contributed by atoms with Crippen LogP contribution in [0.4, 0.5) is 0 Å². The normalized spacial score (nSPS) is 11.5. The maximum Gasteiger partial charge on any atom is 0.323 e. The first-order valence-corrected chi connectivity index (χ1v) is 8.78. The van der Waals surface area contributed by atoms with Gasteiger partial charge >= 0.3 is 5.97 Å². The minimum atomic E-state index is -3.74. The van der Waals surface area contributed by atoms with Gasteiger partial charge in [0.15, 0.2) is 0 Å². The van der Waals surface area contributed by atoms with Crippen molar-refractivity contribution >= 4 is 21.9 Å². The molecule has 0 bridgehead atoms. The maximum atomic E-state index is 12.5. The number of hydrogen-bond acceptors (Lipinski definition) is 5. The lowest BCUT2D eigenvalue weighted by Crippen LogP contribution is -2.38. The van der Waals surface area contributed by atoms with Gasteiger partial charge in [-0.05, 0) is 32.0 Å². The summed E-state index contributed by atoms with van der Waals surface area (Å²) < 4.78 is 31.7. The third-order valence-electron chi connectivity index (χ3n) is 2.96. The Hall–Kier alpha value is -1.97. The Balaban J connectivity index is 3.09. The second kappa shape index (κ2) is 8.76. The number of nitrogens with zero attached hydrogens (tertiary/aromatic N) is 1. The van der Waals surface area contributed by atoms with Gasteiger partial charge in [0.1, 0.15) is 6.54 Å². The molecule has 9 heteroatoms. The lowest BCUT2D eigenvalue weighted by atomic mass is 10.2. The van der Waals surface area contributed by atoms with Crippen LogP contribution < -0.4 is 4.72 Å². The lowest BCUT2D eigenvalue weighted by molar-refractivity contribution is -0.137. The fourth-order valence-electron chi connectivity index (χ4n) is 1.97. The molecule has 0 saturated carbocycles. The molecule has 1 aromatic carbocycles. The first-order chi connectivity index (χ1) is 11.2. The van der Waals surface area contributed by atoms with Crippen LogP contribution in [0.15, 0.2) is 29.2 Å². The van der Waals surface area contributed by atoms with Crippen LogP contribution in [-0.2, 0) is 19.6 Å². The number of rotatable bonds is 9. The number of methoxy groups -OCH3 is 1. The van der Waals surface area contributed by atoms with Crippen LogP contribution in [-0.4, -0.2) is 63.1 Å². The van der Waals surface area contributed by atoms with Crippen molar-refractivity contribution in [3.63, 3.8) is 0 Å². The predicted molar refractivity (Wildman–Crippen MR) is 87.3 cm³/mol. The first-order valence-electron chi connectivity index (χ1n) is 7.29. The minimum Gasteiger partial charge on any atom is -0.480 e. The average Bonchev–Trinajstić information content (AvgIpc) is 2.49. The zero-order chi connectivity index (χ0) is 18.3. The molecular weight excluding hydrogens is 336 g/mol. The molecule has 0 atom stereocenters. The standard InChI is InChI=1S/C15H22N2O6S/c1-11(2)16-24(21,22)13-6-4-5-12(9-13)15(20)17(7-8-23-3)10-14(18)19/h4-6,9,11,16H,7-8,10H2,1-3H3,(H,18,19). The molecule has 134 valence electrons. The summed E-state index contributed by atoms with van der Waals surface area (Å²) in [4.78, 5) is 24.4. The number of amides is 1. The van der Waals surface area contributed by atoms with Crippen molar-refractivity contribution in [1.82, 2.24) is 9.62 Å². The topological polar surface area (TPSA) is 113 Å². The molecule has 0 radical (unpaired) electrons. The molecule has 8 nitrogen and oxygen atoms in total. The summed E-state index contributed by atoms with van der Waals surface area (Å²) in [7, 11) is -2.30. The Labute approximate surface area is 141 Å². The van der Waals surface area contributed by atoms with Crippen LogP contribution in [0.25, 0.3) is 0 Å². The van der Waals surface area contributed by atoms with Gasteiger partial charge < -0.3 is 14.7 Å². The Morgan fingerprint density at radius 1 is 1.33 bits per heavy atom. The molecule has 0 heterocycles. The van der Waals surface area contributed by atoms with Crippen LogP contribution in [0.1, 0.15) is 24.2 Å². The van der Waals surface area contributed by atoms with E-state index in [4.69, 9.17) is 9.84 Å². The highest BCUT2D eigenvalue weighted by molar-refractivity contribution is 7.89. The molecule has 0 aliphatic rings. The second-order valence-electron chi connectivity index (χ2n) is 5.42. The molecule has 1 amide bonds. The van der Waals surface area contributed by atoms with Crippen LogP contribution in [0.3, 0.4) is 0 Å². The molecule has 1 rings (SSSR count). The van der Waals surface area contributed by atoms with Gasteiger partial charge in [-0.2, -0.15) is 0 Å². The van der Waals surface area contributed by atoms with Gasteiger partial charge in [-0.1, -0.05) is 6.07 Å². The highest BCUT2D eigenvalue weighted by atomic mass is 32.2. The third kappa shape index (κ3) is 5.91. The Kier molecular flexibility index (Phi) is 7.33. The summed E-state index contributed by atoms with van der Waals surface area (Å²) in [6.07, 6.45) is 0. The van der Waals surface area contributed by atoms with E-state index in [0.717, 1.165) is 4.90 Å². The number of nitrogens with one attached hydrogen (secondary N) is 1. The number of aliphatic carboxylic acids is 1. The van der Waals surface area contributed by atoms with E-state index < -0.39 is 28.4 Å². The predicted octanol–water partition coefficient (Wildman–Crippen LogP) is 0.546. The Morgan fingerprint density at radius 2 is 2.00 bits per heavy atom. The molecule has 24 heavy (non-hydrogen) atoms. The highest BCUT2D eigenvalue weighted by Crippen LogP contribution is 2.14. The van der Waals surface area contributed by atoms with E-state index in [-0.39, 0.29) is 29.7 Å². The molecule has 0 saturated heterocycles. The van der Waals surface area contributed by atoms with Crippen molar-refractivity contribution < 1.29 is 27.9 Å². The van der Waals surface area contributed by atoms with Gasteiger partial charge in [-0.15, -0.1) is 0 Å². The number of sulfonamides is 1. The van der Waals surface area contributed by atoms with Crippen molar-refractivity contribution in [3.05, 3.63) is 29.8 Å². The van der Waals surface area contributed by atoms with E-state index in [1.807, 2.05) is 0 Å². The quantitative estimate of drug-likeness (QED) is 0.666. The minimum absolute atomic E-state index is 0.0518. The van der Waals surface area contributed by atoms with E-state index in [1.165, 1.54) is 31.4 Å². The fourth-order valence-corrected chi connectivity index (χ4v) is 3.27. The summed E-state index contributed by atoms with van der Waals surface area (Å²) in [5, 5.41) is 8.92. The second-order valence-corrected chi connectivity index (χ2v) is 7.13. The maximum absolute atomic E-state index is 12.5. The molecule has 0 fully saturated rings. The fraction of sp³-hybridized carbons (Fsp3) is 0.467. The summed E-state index contributed by atoms with van der Waals surface area (Å²) >= 11 is 0. The molecule has 1 aromatic rings. The van der Waals surface area contributed by atoms with Gasteiger partial charge in [0, 0.05) is 25.3 Å². The number of benzene rings is 1. The zero-order valence-corrected chi connectivity index (χ0v) is 14.7. The SMILES string of the molecule is COCCN(CC(=O)O)C(=O)c1cccc(S(=O)(=O)NC(C)C)c1. The van der Waals surface area contributed by atoms with Gasteiger partial charge in [0.2, 0.25) is 10.0 Å². The Morgan fingerprint density at radius 3 is 2.54 bits per heavy atom. The highest BCUT2D eigenvalue weighted by Gasteiger charge is 2.21. The van der Waals surface area contributed by atoms with E-state index in [9.17, 15) is 18.0 Å². The molecule has 0 unspecified atom stereocenters. The van der Waals surface area contributed by atoms with E-state index >= 15 is 0 Å². The molecule has 2 N–H and O–H groups in total. The van der Waals surface area contributed by atoms with Crippen LogP contribution in [0.2, 0.25) is 0 Å². The van der Waals surface area contributed by atoms with Gasteiger partial charge in [-0.25, -0.2) is 13.1 Å². The molecular formula is C15H22N2O6S. The number of carbonyl (C=O) groups excluding carboxylic acids is 1. The zero-order valence-electron chi connectivity index (χ0n) is 13.9. The van der Waals surface area contributed by atoms with Crippen molar-refractivity contribution in [2.45, 2.75) is 24.8 Å². The van der Waals surface area contributed by atoms with Gasteiger partial charge in [-0.3, -0.25) is 9.59 Å². The third-order valence-corrected chi connectivity index (χ3v) is 4.62. The molecule has 0 aromatic heterocycles. The van der Waals surface area contributed by atoms with E-state index in [0.29, 0.717) is 0 Å². The average molecular weight is 358 g/mol.